The van der Waals surface area contributed by atoms with Gasteiger partial charge in [0.2, 0.25) is 5.91 Å². The molecule has 0 saturated carbocycles. The van der Waals surface area contributed by atoms with Gasteiger partial charge in [0.05, 0.1) is 34.5 Å². The highest BCUT2D eigenvalue weighted by molar-refractivity contribution is 7.91. The van der Waals surface area contributed by atoms with E-state index in [-0.39, 0.29) is 30.0 Å². The summed E-state index contributed by atoms with van der Waals surface area (Å²) in [5.41, 5.74) is 0.837. The second-order valence-corrected chi connectivity index (χ2v) is 9.51. The third-order valence-electron chi connectivity index (χ3n) is 4.34. The van der Waals surface area contributed by atoms with Gasteiger partial charge in [0.15, 0.2) is 14.6 Å². The van der Waals surface area contributed by atoms with E-state index in [1.54, 1.807) is 17.7 Å². The van der Waals surface area contributed by atoms with Crippen LogP contribution in [-0.2, 0) is 21.2 Å². The summed E-state index contributed by atoms with van der Waals surface area (Å²) in [6.45, 7) is 0.247. The minimum Gasteiger partial charge on any atom is -0.497 e. The van der Waals surface area contributed by atoms with E-state index in [0.717, 1.165) is 22.3 Å². The van der Waals surface area contributed by atoms with Crippen molar-refractivity contribution in [3.8, 4) is 18.1 Å². The fraction of sp³-hybridized carbons (Fsp3) is 0.238. The number of nitrogens with zero attached hydrogens (tertiary/aromatic N) is 2. The second kappa shape index (κ2) is 9.24. The van der Waals surface area contributed by atoms with Crippen LogP contribution >= 0.6 is 11.3 Å². The minimum absolute atomic E-state index is 0.0265. The van der Waals surface area contributed by atoms with Gasteiger partial charge in [-0.15, -0.1) is 6.42 Å². The predicted molar refractivity (Wildman–Crippen MR) is 113 cm³/mol. The molecule has 3 rings (SSSR count). The number of carbonyl (C=O) groups is 1. The molecule has 30 heavy (non-hydrogen) atoms. The smallest absolute Gasteiger partial charge is 0.248 e. The van der Waals surface area contributed by atoms with Crippen LogP contribution in [0.15, 0.2) is 52.4 Å². The molecule has 0 spiro atoms. The number of amides is 1. The summed E-state index contributed by atoms with van der Waals surface area (Å²) in [5.74, 6) is 2.06. The Hall–Kier alpha value is -2.96. The SMILES string of the molecule is C#CCn1c(=NC(=O)CCCS(=O)(=O)c2ccc(F)cc2)sc2cc(OC)ccc21. The molecular formula is C21H19FN2O4S2. The number of terminal acetylenes is 1. The molecule has 0 aliphatic heterocycles. The van der Waals surface area contributed by atoms with Crippen molar-refractivity contribution in [2.45, 2.75) is 24.3 Å². The summed E-state index contributed by atoms with van der Waals surface area (Å²) in [5, 5.41) is 0. The lowest BCUT2D eigenvalue weighted by Crippen LogP contribution is -2.16. The number of methoxy groups -OCH3 is 1. The van der Waals surface area contributed by atoms with E-state index in [9.17, 15) is 17.6 Å². The first kappa shape index (κ1) is 21.7. The van der Waals surface area contributed by atoms with Crippen molar-refractivity contribution in [3.63, 3.8) is 0 Å². The van der Waals surface area contributed by atoms with Crippen molar-refractivity contribution in [1.29, 1.82) is 0 Å². The maximum atomic E-state index is 13.0. The molecule has 0 fully saturated rings. The van der Waals surface area contributed by atoms with Crippen LogP contribution in [0.3, 0.4) is 0 Å². The van der Waals surface area contributed by atoms with Crippen LogP contribution in [0.25, 0.3) is 10.2 Å². The molecule has 0 atom stereocenters. The third kappa shape index (κ3) is 4.96. The predicted octanol–water partition coefficient (Wildman–Crippen LogP) is 3.17. The van der Waals surface area contributed by atoms with Crippen molar-refractivity contribution >= 4 is 37.3 Å². The van der Waals surface area contributed by atoms with Crippen LogP contribution in [0.1, 0.15) is 12.8 Å². The van der Waals surface area contributed by atoms with Crippen molar-refractivity contribution in [2.75, 3.05) is 12.9 Å². The molecule has 0 aliphatic carbocycles. The van der Waals surface area contributed by atoms with Gasteiger partial charge in [0.25, 0.3) is 0 Å². The third-order valence-corrected chi connectivity index (χ3v) is 7.19. The zero-order chi connectivity index (χ0) is 21.7. The molecule has 0 radical (unpaired) electrons. The number of fused-ring (bicyclic) bond motifs is 1. The van der Waals surface area contributed by atoms with Crippen molar-refractivity contribution in [2.24, 2.45) is 4.99 Å². The first-order chi connectivity index (χ1) is 14.3. The van der Waals surface area contributed by atoms with Gasteiger partial charge in [-0.1, -0.05) is 17.3 Å². The number of ether oxygens (including phenoxy) is 1. The molecule has 0 aliphatic rings. The molecule has 0 bridgehead atoms. The topological polar surface area (TPSA) is 77.7 Å². The Kier molecular flexibility index (Phi) is 6.70. The number of hydrogen-bond acceptors (Lipinski definition) is 5. The van der Waals surface area contributed by atoms with Gasteiger partial charge >= 0.3 is 0 Å². The maximum absolute atomic E-state index is 13.0. The molecule has 1 amide bonds. The molecule has 1 aromatic heterocycles. The quantitative estimate of drug-likeness (QED) is 0.413. The van der Waals surface area contributed by atoms with Crippen LogP contribution in [0.5, 0.6) is 5.75 Å². The van der Waals surface area contributed by atoms with Crippen LogP contribution in [0.4, 0.5) is 4.39 Å². The first-order valence-electron chi connectivity index (χ1n) is 9.01. The minimum atomic E-state index is -3.59. The highest BCUT2D eigenvalue weighted by Gasteiger charge is 2.15. The summed E-state index contributed by atoms with van der Waals surface area (Å²) in [6.07, 6.45) is 5.52. The van der Waals surface area contributed by atoms with E-state index >= 15 is 0 Å². The lowest BCUT2D eigenvalue weighted by atomic mass is 10.3. The largest absolute Gasteiger partial charge is 0.497 e. The molecule has 0 N–H and O–H groups in total. The number of halogens is 1. The molecular weight excluding hydrogens is 427 g/mol. The lowest BCUT2D eigenvalue weighted by Gasteiger charge is -2.03. The fourth-order valence-corrected chi connectivity index (χ4v) is 5.23. The van der Waals surface area contributed by atoms with Gasteiger partial charge in [-0.3, -0.25) is 4.79 Å². The second-order valence-electron chi connectivity index (χ2n) is 6.39. The van der Waals surface area contributed by atoms with Gasteiger partial charge in [-0.05, 0) is 48.9 Å². The van der Waals surface area contributed by atoms with Crippen molar-refractivity contribution in [3.05, 3.63) is 53.1 Å². The Labute approximate surface area is 177 Å². The van der Waals surface area contributed by atoms with E-state index in [1.165, 1.54) is 23.5 Å². The number of benzene rings is 2. The highest BCUT2D eigenvalue weighted by atomic mass is 32.2. The van der Waals surface area contributed by atoms with Gasteiger partial charge < -0.3 is 9.30 Å². The number of aromatic nitrogens is 1. The molecule has 3 aromatic rings. The normalized spacial score (nSPS) is 12.1. The Morgan fingerprint density at radius 1 is 1.27 bits per heavy atom. The Bertz CT molecular complexity index is 1280. The summed E-state index contributed by atoms with van der Waals surface area (Å²) >= 11 is 1.31. The Morgan fingerprint density at radius 3 is 2.67 bits per heavy atom. The molecule has 2 aromatic carbocycles. The van der Waals surface area contributed by atoms with Crippen LogP contribution in [0.2, 0.25) is 0 Å². The number of hydrogen-bond donors (Lipinski definition) is 0. The zero-order valence-corrected chi connectivity index (χ0v) is 17.8. The van der Waals surface area contributed by atoms with Gasteiger partial charge in [-0.2, -0.15) is 4.99 Å². The molecule has 6 nitrogen and oxygen atoms in total. The van der Waals surface area contributed by atoms with E-state index in [1.807, 2.05) is 12.1 Å². The van der Waals surface area contributed by atoms with E-state index in [2.05, 4.69) is 10.9 Å². The van der Waals surface area contributed by atoms with Crippen LogP contribution in [-0.4, -0.2) is 31.8 Å². The molecule has 156 valence electrons. The molecule has 9 heteroatoms. The Balaban J connectivity index is 1.76. The van der Waals surface area contributed by atoms with E-state index in [0.29, 0.717) is 10.6 Å². The maximum Gasteiger partial charge on any atom is 0.248 e. The van der Waals surface area contributed by atoms with Crippen molar-refractivity contribution < 1.29 is 22.3 Å². The monoisotopic (exact) mass is 446 g/mol. The summed E-state index contributed by atoms with van der Waals surface area (Å²) in [6, 6.07) is 10.1. The summed E-state index contributed by atoms with van der Waals surface area (Å²) in [7, 11) is -2.03. The van der Waals surface area contributed by atoms with Crippen LogP contribution < -0.4 is 9.54 Å². The molecule has 0 unspecified atom stereocenters. The Morgan fingerprint density at radius 2 is 2.00 bits per heavy atom. The van der Waals surface area contributed by atoms with E-state index in [4.69, 9.17) is 11.2 Å². The highest BCUT2D eigenvalue weighted by Crippen LogP contribution is 2.23. The van der Waals surface area contributed by atoms with Crippen LogP contribution in [0, 0.1) is 18.2 Å². The van der Waals surface area contributed by atoms with Gasteiger partial charge in [-0.25, -0.2) is 12.8 Å². The lowest BCUT2D eigenvalue weighted by molar-refractivity contribution is -0.118. The standard InChI is InChI=1S/C21H19FN2O4S2/c1-3-12-24-18-11-8-16(28-2)14-19(18)29-21(24)23-20(25)5-4-13-30(26,27)17-9-6-15(22)7-10-17/h1,6-11,14H,4-5,12-13H2,2H3. The molecule has 0 saturated heterocycles. The average molecular weight is 447 g/mol. The summed E-state index contributed by atoms with van der Waals surface area (Å²) < 4.78 is 45.4. The first-order valence-corrected chi connectivity index (χ1v) is 11.5. The number of rotatable bonds is 7. The number of sulfone groups is 1. The van der Waals surface area contributed by atoms with Gasteiger partial charge in [0, 0.05) is 6.42 Å². The molecule has 1 heterocycles. The zero-order valence-electron chi connectivity index (χ0n) is 16.2. The fourth-order valence-electron chi connectivity index (χ4n) is 2.85. The van der Waals surface area contributed by atoms with Crippen molar-refractivity contribution in [1.82, 2.24) is 4.57 Å². The number of carbonyl (C=O) groups excluding carboxylic acids is 1. The number of thiazole rings is 1. The average Bonchev–Trinajstić information content (AvgIpc) is 3.04. The van der Waals surface area contributed by atoms with Gasteiger partial charge in [0.1, 0.15) is 11.6 Å². The summed E-state index contributed by atoms with van der Waals surface area (Å²) in [4.78, 5) is 17.0. The van der Waals surface area contributed by atoms with E-state index < -0.39 is 21.6 Å².